The first-order valence-corrected chi connectivity index (χ1v) is 17.5. The van der Waals surface area contributed by atoms with Gasteiger partial charge in [-0.1, -0.05) is 60.7 Å². The van der Waals surface area contributed by atoms with Crippen molar-refractivity contribution in [3.63, 3.8) is 0 Å². The summed E-state index contributed by atoms with van der Waals surface area (Å²) in [5, 5.41) is 5.61. The Labute approximate surface area is 303 Å². The molecular weight excluding hydrogens is 749 g/mol. The van der Waals surface area contributed by atoms with Crippen molar-refractivity contribution in [2.75, 3.05) is 0 Å². The molecule has 50 heavy (non-hydrogen) atoms. The van der Waals surface area contributed by atoms with Crippen LogP contribution < -0.4 is 16.4 Å². The highest BCUT2D eigenvalue weighted by Crippen LogP contribution is 2.30. The Hall–Kier alpha value is -5.05. The molecule has 12 nitrogen and oxygen atoms in total. The molecule has 2 unspecified atom stereocenters. The van der Waals surface area contributed by atoms with Gasteiger partial charge in [0.25, 0.3) is 0 Å². The minimum atomic E-state index is -1.09. The molecule has 0 fully saturated rings. The number of amides is 5. The van der Waals surface area contributed by atoms with Crippen LogP contribution in [0.3, 0.4) is 0 Å². The second-order valence-corrected chi connectivity index (χ2v) is 14.0. The first kappa shape index (κ1) is 34.8. The zero-order valence-corrected chi connectivity index (χ0v) is 29.6. The quantitative estimate of drug-likeness (QED) is 0.180. The number of H-pyrrole nitrogens is 1. The molecule has 2 aliphatic rings. The smallest absolute Gasteiger partial charge is 0.246 e. The summed E-state index contributed by atoms with van der Waals surface area (Å²) in [6.07, 6.45) is 3.81. The van der Waals surface area contributed by atoms with Crippen molar-refractivity contribution in [3.8, 4) is 0 Å². The van der Waals surface area contributed by atoms with Gasteiger partial charge in [-0.2, -0.15) is 0 Å². The summed E-state index contributed by atoms with van der Waals surface area (Å²) < 4.78 is 1.01. The number of aromatic amines is 1. The molecule has 258 valence electrons. The lowest BCUT2D eigenvalue weighted by Gasteiger charge is -2.43. The van der Waals surface area contributed by atoms with E-state index < -0.39 is 47.8 Å². The highest BCUT2D eigenvalue weighted by Gasteiger charge is 2.43. The number of fused-ring (bicyclic) bond motifs is 2. The van der Waals surface area contributed by atoms with E-state index in [0.717, 1.165) is 31.4 Å². The van der Waals surface area contributed by atoms with E-state index in [1.807, 2.05) is 72.8 Å². The fourth-order valence-electron chi connectivity index (χ4n) is 6.78. The third kappa shape index (κ3) is 7.88. The third-order valence-corrected chi connectivity index (χ3v) is 10.0. The summed E-state index contributed by atoms with van der Waals surface area (Å²) in [5.74, 6) is -2.43. The predicted octanol–water partition coefficient (Wildman–Crippen LogP) is 2.18. The number of hydrogen-bond acceptors (Lipinski definition) is 6. The van der Waals surface area contributed by atoms with Crippen LogP contribution in [0.4, 0.5) is 0 Å². The summed E-state index contributed by atoms with van der Waals surface area (Å²) in [4.78, 5) is 78.2. The van der Waals surface area contributed by atoms with Gasteiger partial charge in [0, 0.05) is 61.2 Å². The third-order valence-electron chi connectivity index (χ3n) is 9.32. The van der Waals surface area contributed by atoms with Gasteiger partial charge in [0.15, 0.2) is 0 Å². The number of nitrogens with two attached hydrogens (primary N) is 1. The largest absolute Gasteiger partial charge is 0.368 e. The van der Waals surface area contributed by atoms with E-state index in [1.165, 1.54) is 23.1 Å². The van der Waals surface area contributed by atoms with Crippen LogP contribution in [0.2, 0.25) is 0 Å². The van der Waals surface area contributed by atoms with Gasteiger partial charge in [-0.15, -0.1) is 0 Å². The van der Waals surface area contributed by atoms with Crippen molar-refractivity contribution < 1.29 is 24.0 Å². The average Bonchev–Trinajstić information content (AvgIpc) is 3.63. The van der Waals surface area contributed by atoms with Crippen molar-refractivity contribution >= 4 is 52.1 Å². The predicted molar refractivity (Wildman–Crippen MR) is 193 cm³/mol. The molecule has 4 atom stereocenters. The van der Waals surface area contributed by atoms with E-state index in [0.29, 0.717) is 5.69 Å². The van der Waals surface area contributed by atoms with E-state index >= 15 is 0 Å². The second kappa shape index (κ2) is 15.2. The number of nitrogens with zero attached hydrogens (tertiary/aromatic N) is 3. The van der Waals surface area contributed by atoms with E-state index in [9.17, 15) is 24.0 Å². The molecule has 1 aromatic heterocycles. The van der Waals surface area contributed by atoms with E-state index in [-0.39, 0.29) is 44.7 Å². The van der Waals surface area contributed by atoms with Gasteiger partial charge in [-0.05, 0) is 62.5 Å². The van der Waals surface area contributed by atoms with E-state index in [1.54, 1.807) is 6.20 Å². The van der Waals surface area contributed by atoms with Crippen molar-refractivity contribution in [1.29, 1.82) is 0 Å². The number of nitrogens with one attached hydrogen (secondary N) is 3. The normalized spacial score (nSPS) is 17.9. The van der Waals surface area contributed by atoms with E-state index in [4.69, 9.17) is 5.73 Å². The van der Waals surface area contributed by atoms with Crippen LogP contribution in [0.1, 0.15) is 40.4 Å². The summed E-state index contributed by atoms with van der Waals surface area (Å²) in [5.41, 5.74) is 11.0. The fraction of sp³-hybridized carbons (Fsp3) is 0.297. The Kier molecular flexibility index (Phi) is 10.6. The number of hydrogen-bond donors (Lipinski definition) is 4. The highest BCUT2D eigenvalue weighted by atomic mass is 127. The highest BCUT2D eigenvalue weighted by molar-refractivity contribution is 14.1. The maximum absolute atomic E-state index is 14.8. The molecule has 0 aliphatic carbocycles. The van der Waals surface area contributed by atoms with Gasteiger partial charge in [0.05, 0.1) is 6.33 Å². The number of aromatic nitrogens is 2. The van der Waals surface area contributed by atoms with Crippen LogP contribution in [0.25, 0.3) is 0 Å². The second-order valence-electron chi connectivity index (χ2n) is 12.7. The van der Waals surface area contributed by atoms with Crippen LogP contribution in [0.5, 0.6) is 0 Å². The Bertz CT molecular complexity index is 1900. The number of rotatable bonds is 10. The van der Waals surface area contributed by atoms with Gasteiger partial charge in [-0.3, -0.25) is 24.0 Å². The van der Waals surface area contributed by atoms with E-state index in [2.05, 4.69) is 43.2 Å². The fourth-order valence-corrected chi connectivity index (χ4v) is 7.13. The Morgan fingerprint density at radius 2 is 1.42 bits per heavy atom. The Balaban J connectivity index is 1.34. The number of carbonyl (C=O) groups excluding carboxylic acids is 5. The molecule has 0 bridgehead atoms. The van der Waals surface area contributed by atoms with Crippen molar-refractivity contribution in [2.45, 2.75) is 69.9 Å². The minimum absolute atomic E-state index is 0.124. The maximum atomic E-state index is 14.8. The Morgan fingerprint density at radius 1 is 0.820 bits per heavy atom. The standard InChI is InChI=1S/C37H38IN7O5/c1-22(46)42-30(17-29-18-40-21-41-29)35(48)43-31(14-23-10-12-28(38)13-11-23)36(49)45-20-27-9-5-3-7-25(27)16-33(45)37(50)44-19-26-8-4-2-6-24(26)15-32(44)34(39)47/h2-13,18,21,30-33H,14-17,19-20H2,1H3,(H2,39,47)(H,40,41)(H,42,46)(H,43,48)/t30-,31+,32?,33?/m0/s1. The van der Waals surface area contributed by atoms with Crippen LogP contribution in [-0.4, -0.2) is 73.5 Å². The van der Waals surface area contributed by atoms with Gasteiger partial charge < -0.3 is 31.2 Å². The van der Waals surface area contributed by atoms with Gasteiger partial charge in [0.2, 0.25) is 29.5 Å². The van der Waals surface area contributed by atoms with Crippen LogP contribution >= 0.6 is 22.6 Å². The first-order chi connectivity index (χ1) is 24.1. The molecule has 3 aromatic carbocycles. The Morgan fingerprint density at radius 3 is 2.00 bits per heavy atom. The number of halogens is 1. The van der Waals surface area contributed by atoms with Gasteiger partial charge >= 0.3 is 0 Å². The summed E-state index contributed by atoms with van der Waals surface area (Å²) in [6, 6.07) is 18.9. The minimum Gasteiger partial charge on any atom is -0.368 e. The molecular formula is C37H38IN7O5. The molecule has 0 saturated heterocycles. The zero-order chi connectivity index (χ0) is 35.4. The van der Waals surface area contributed by atoms with Gasteiger partial charge in [-0.25, -0.2) is 4.98 Å². The van der Waals surface area contributed by atoms with Gasteiger partial charge in [0.1, 0.15) is 24.2 Å². The summed E-state index contributed by atoms with van der Waals surface area (Å²) in [7, 11) is 0. The molecule has 0 spiro atoms. The molecule has 2 aliphatic heterocycles. The monoisotopic (exact) mass is 787 g/mol. The number of imidazole rings is 1. The lowest BCUT2D eigenvalue weighted by atomic mass is 9.89. The molecule has 13 heteroatoms. The van der Waals surface area contributed by atoms with Crippen LogP contribution in [0, 0.1) is 3.57 Å². The van der Waals surface area contributed by atoms with Crippen molar-refractivity contribution in [3.05, 3.63) is 122 Å². The molecule has 5 amide bonds. The number of carbonyl (C=O) groups is 5. The van der Waals surface area contributed by atoms with Crippen LogP contribution in [0.15, 0.2) is 85.3 Å². The molecule has 0 saturated carbocycles. The zero-order valence-electron chi connectivity index (χ0n) is 27.5. The molecule has 5 N–H and O–H groups in total. The SMILES string of the molecule is CC(=O)N[C@@H](Cc1cnc[nH]1)C(=O)N[C@H](Cc1ccc(I)cc1)C(=O)N1Cc2ccccc2CC1C(=O)N1Cc2ccccc2CC1C(N)=O. The average molecular weight is 788 g/mol. The molecule has 3 heterocycles. The lowest BCUT2D eigenvalue weighted by Crippen LogP contribution is -2.62. The first-order valence-electron chi connectivity index (χ1n) is 16.4. The topological polar surface area (TPSA) is 171 Å². The van der Waals surface area contributed by atoms with Crippen molar-refractivity contribution in [2.24, 2.45) is 5.73 Å². The molecule has 0 radical (unpaired) electrons. The molecule has 6 rings (SSSR count). The summed E-state index contributed by atoms with van der Waals surface area (Å²) in [6.45, 7) is 1.62. The number of benzene rings is 3. The van der Waals surface area contributed by atoms with Crippen LogP contribution in [-0.2, 0) is 62.7 Å². The maximum Gasteiger partial charge on any atom is 0.246 e. The molecule has 4 aromatic rings. The number of primary amides is 1. The summed E-state index contributed by atoms with van der Waals surface area (Å²) >= 11 is 2.20. The lowest BCUT2D eigenvalue weighted by molar-refractivity contribution is -0.152. The van der Waals surface area contributed by atoms with Crippen molar-refractivity contribution in [1.82, 2.24) is 30.4 Å².